The molecule has 0 amide bonds. The Morgan fingerprint density at radius 3 is 2.24 bits per heavy atom. The molecule has 0 radical (unpaired) electrons. The molecule has 0 N–H and O–H groups in total. The first-order valence-corrected chi connectivity index (χ1v) is 8.34. The second-order valence-corrected chi connectivity index (χ2v) is 7.59. The number of carbonyl (C=O) groups is 1. The summed E-state index contributed by atoms with van der Waals surface area (Å²) >= 11 is 1.94. The Morgan fingerprint density at radius 1 is 1.06 bits per heavy atom. The molecule has 0 saturated heterocycles. The fourth-order valence-electron chi connectivity index (χ4n) is 3.58. The summed E-state index contributed by atoms with van der Waals surface area (Å²) in [6.45, 7) is 4.61. The first-order chi connectivity index (χ1) is 8.15. The number of Topliss-reactive ketones (excluding diaryl/α,β-unsaturated/α-hetero) is 1. The second kappa shape index (κ2) is 6.26. The van der Waals surface area contributed by atoms with E-state index in [1.165, 1.54) is 32.1 Å². The third-order valence-corrected chi connectivity index (χ3v) is 5.79. The third kappa shape index (κ3) is 4.01. The van der Waals surface area contributed by atoms with Crippen LogP contribution in [0, 0.1) is 17.8 Å². The molecule has 17 heavy (non-hydrogen) atoms. The normalized spacial score (nSPS) is 35.1. The smallest absolute Gasteiger partial charge is 0.145 e. The van der Waals surface area contributed by atoms with E-state index in [9.17, 15) is 4.79 Å². The molecule has 2 heteroatoms. The summed E-state index contributed by atoms with van der Waals surface area (Å²) in [5, 5.41) is 0.789. The second-order valence-electron chi connectivity index (χ2n) is 6.30. The molecule has 0 spiro atoms. The molecule has 98 valence electrons. The van der Waals surface area contributed by atoms with Gasteiger partial charge in [-0.15, -0.1) is 0 Å². The quantitative estimate of drug-likeness (QED) is 0.744. The zero-order valence-electron chi connectivity index (χ0n) is 11.3. The molecular formula is C15H26OS. The summed E-state index contributed by atoms with van der Waals surface area (Å²) in [7, 11) is 0. The molecule has 0 bridgehead atoms. The third-order valence-electron chi connectivity index (χ3n) is 4.40. The molecular weight excluding hydrogens is 228 g/mol. The molecule has 2 aliphatic rings. The van der Waals surface area contributed by atoms with Crippen LogP contribution in [0.15, 0.2) is 0 Å². The average molecular weight is 254 g/mol. The van der Waals surface area contributed by atoms with Gasteiger partial charge < -0.3 is 0 Å². The summed E-state index contributed by atoms with van der Waals surface area (Å²) in [5.41, 5.74) is 0. The molecule has 2 atom stereocenters. The van der Waals surface area contributed by atoms with Gasteiger partial charge in [-0.05, 0) is 43.9 Å². The van der Waals surface area contributed by atoms with Gasteiger partial charge in [-0.2, -0.15) is 11.8 Å². The summed E-state index contributed by atoms with van der Waals surface area (Å²) in [5.74, 6) is 3.21. The maximum atomic E-state index is 12.2. The van der Waals surface area contributed by atoms with Crippen LogP contribution in [0.25, 0.3) is 0 Å². The summed E-state index contributed by atoms with van der Waals surface area (Å²) in [6.07, 6.45) is 9.06. The van der Waals surface area contributed by atoms with Crippen LogP contribution in [0.4, 0.5) is 0 Å². The van der Waals surface area contributed by atoms with Gasteiger partial charge in [0.15, 0.2) is 0 Å². The van der Waals surface area contributed by atoms with Gasteiger partial charge in [0.2, 0.25) is 0 Å². The average Bonchev–Trinajstić information content (AvgIpc) is 2.77. The Hall–Kier alpha value is 0.0200. The number of hydrogen-bond donors (Lipinski definition) is 0. The van der Waals surface area contributed by atoms with Crippen LogP contribution in [0.2, 0.25) is 0 Å². The van der Waals surface area contributed by atoms with Crippen LogP contribution in [0.3, 0.4) is 0 Å². The molecule has 0 aromatic heterocycles. The fraction of sp³-hybridized carbons (Fsp3) is 0.933. The predicted molar refractivity (Wildman–Crippen MR) is 75.4 cm³/mol. The first kappa shape index (κ1) is 13.5. The lowest BCUT2D eigenvalue weighted by Crippen LogP contribution is -2.27. The molecule has 0 aromatic carbocycles. The molecule has 2 fully saturated rings. The largest absolute Gasteiger partial charge is 0.298 e. The van der Waals surface area contributed by atoms with E-state index in [4.69, 9.17) is 0 Å². The van der Waals surface area contributed by atoms with Gasteiger partial charge in [0.05, 0.1) is 5.75 Å². The van der Waals surface area contributed by atoms with Crippen molar-refractivity contribution in [3.05, 3.63) is 0 Å². The summed E-state index contributed by atoms with van der Waals surface area (Å²) in [6, 6.07) is 0. The van der Waals surface area contributed by atoms with Crippen molar-refractivity contribution in [1.82, 2.24) is 0 Å². The number of rotatable bonds is 4. The van der Waals surface area contributed by atoms with Gasteiger partial charge in [0.25, 0.3) is 0 Å². The fourth-order valence-corrected chi connectivity index (χ4v) is 4.89. The van der Waals surface area contributed by atoms with E-state index in [1.807, 2.05) is 11.8 Å². The van der Waals surface area contributed by atoms with Gasteiger partial charge in [0.1, 0.15) is 5.78 Å². The van der Waals surface area contributed by atoms with Crippen molar-refractivity contribution in [1.29, 1.82) is 0 Å². The van der Waals surface area contributed by atoms with Crippen LogP contribution >= 0.6 is 11.8 Å². The van der Waals surface area contributed by atoms with E-state index < -0.39 is 0 Å². The Kier molecular flexibility index (Phi) is 4.96. The van der Waals surface area contributed by atoms with E-state index >= 15 is 0 Å². The number of thioether (sulfide) groups is 1. The SMILES string of the molecule is CC1CC(C)CC(C(=O)CSC2CCCC2)C1. The number of ketones is 1. The Bertz CT molecular complexity index is 248. The first-order valence-electron chi connectivity index (χ1n) is 7.29. The van der Waals surface area contributed by atoms with Crippen LogP contribution in [0.5, 0.6) is 0 Å². The highest BCUT2D eigenvalue weighted by atomic mass is 32.2. The van der Waals surface area contributed by atoms with Crippen LogP contribution < -0.4 is 0 Å². The molecule has 2 unspecified atom stereocenters. The molecule has 0 aliphatic heterocycles. The molecule has 2 saturated carbocycles. The van der Waals surface area contributed by atoms with Gasteiger partial charge in [0, 0.05) is 11.2 Å². The topological polar surface area (TPSA) is 17.1 Å². The summed E-state index contributed by atoms with van der Waals surface area (Å²) in [4.78, 5) is 12.2. The zero-order chi connectivity index (χ0) is 12.3. The van der Waals surface area contributed by atoms with E-state index in [2.05, 4.69) is 13.8 Å². The minimum atomic E-state index is 0.377. The number of hydrogen-bond acceptors (Lipinski definition) is 2. The van der Waals surface area contributed by atoms with Gasteiger partial charge in [-0.25, -0.2) is 0 Å². The number of carbonyl (C=O) groups excluding carboxylic acids is 1. The molecule has 1 nitrogen and oxygen atoms in total. The molecule has 2 aliphatic carbocycles. The maximum Gasteiger partial charge on any atom is 0.145 e. The molecule has 2 rings (SSSR count). The van der Waals surface area contributed by atoms with Crippen molar-refractivity contribution in [3.63, 3.8) is 0 Å². The van der Waals surface area contributed by atoms with Crippen molar-refractivity contribution < 1.29 is 4.79 Å². The lowest BCUT2D eigenvalue weighted by Gasteiger charge is -2.30. The maximum absolute atomic E-state index is 12.2. The molecule has 0 heterocycles. The highest BCUT2D eigenvalue weighted by Crippen LogP contribution is 2.35. The van der Waals surface area contributed by atoms with Crippen molar-refractivity contribution >= 4 is 17.5 Å². The Labute approximate surface area is 110 Å². The van der Waals surface area contributed by atoms with Crippen LogP contribution in [-0.4, -0.2) is 16.8 Å². The van der Waals surface area contributed by atoms with E-state index in [0.29, 0.717) is 11.7 Å². The minimum Gasteiger partial charge on any atom is -0.298 e. The van der Waals surface area contributed by atoms with E-state index in [-0.39, 0.29) is 0 Å². The lowest BCUT2D eigenvalue weighted by molar-refractivity contribution is -0.122. The standard InChI is InChI=1S/C15H26OS/c1-11-7-12(2)9-13(8-11)15(16)10-17-14-5-3-4-6-14/h11-14H,3-10H2,1-2H3. The zero-order valence-corrected chi connectivity index (χ0v) is 12.1. The molecule has 0 aromatic rings. The van der Waals surface area contributed by atoms with Crippen molar-refractivity contribution in [2.75, 3.05) is 5.75 Å². The summed E-state index contributed by atoms with van der Waals surface area (Å²) < 4.78 is 0. The lowest BCUT2D eigenvalue weighted by atomic mass is 9.75. The van der Waals surface area contributed by atoms with Crippen molar-refractivity contribution in [2.45, 2.75) is 64.0 Å². The highest BCUT2D eigenvalue weighted by Gasteiger charge is 2.29. The predicted octanol–water partition coefficient (Wildman–Crippen LogP) is 4.30. The van der Waals surface area contributed by atoms with Crippen molar-refractivity contribution in [3.8, 4) is 0 Å². The van der Waals surface area contributed by atoms with Gasteiger partial charge >= 0.3 is 0 Å². The van der Waals surface area contributed by atoms with E-state index in [1.54, 1.807) is 0 Å². The van der Waals surface area contributed by atoms with Gasteiger partial charge in [-0.3, -0.25) is 4.79 Å². The van der Waals surface area contributed by atoms with Gasteiger partial charge in [-0.1, -0.05) is 26.7 Å². The Morgan fingerprint density at radius 2 is 1.65 bits per heavy atom. The minimum absolute atomic E-state index is 0.377. The van der Waals surface area contributed by atoms with Crippen LogP contribution in [0.1, 0.15) is 58.8 Å². The highest BCUT2D eigenvalue weighted by molar-refractivity contribution is 8.00. The van der Waals surface area contributed by atoms with Crippen molar-refractivity contribution in [2.24, 2.45) is 17.8 Å². The van der Waals surface area contributed by atoms with E-state index in [0.717, 1.165) is 35.7 Å². The van der Waals surface area contributed by atoms with Crippen LogP contribution in [-0.2, 0) is 4.79 Å². The monoisotopic (exact) mass is 254 g/mol. The Balaban J connectivity index is 1.74.